The van der Waals surface area contributed by atoms with Gasteiger partial charge < -0.3 is 59.7 Å². The summed E-state index contributed by atoms with van der Waals surface area (Å²) in [6.07, 6.45) is -1.65. The van der Waals surface area contributed by atoms with E-state index in [9.17, 15) is 43.8 Å². The monoisotopic (exact) mass is 630 g/mol. The van der Waals surface area contributed by atoms with Crippen LogP contribution < -0.4 is 49.5 Å². The number of rotatable bonds is 20. The lowest BCUT2D eigenvalue weighted by atomic mass is 10.0. The number of primary amides is 1. The Morgan fingerprint density at radius 1 is 0.727 bits per heavy atom. The van der Waals surface area contributed by atoms with Crippen molar-refractivity contribution >= 4 is 47.4 Å². The second kappa shape index (κ2) is 19.6. The Morgan fingerprint density at radius 3 is 1.75 bits per heavy atom. The number of hydrogen-bond donors (Lipinski definition) is 11. The first-order valence-corrected chi connectivity index (χ1v) is 13.9. The molecule has 44 heavy (non-hydrogen) atoms. The van der Waals surface area contributed by atoms with Crippen LogP contribution in [0.4, 0.5) is 0 Å². The molecule has 0 aliphatic carbocycles. The maximum atomic E-state index is 13.2. The van der Waals surface area contributed by atoms with Crippen molar-refractivity contribution in [3.63, 3.8) is 0 Å². The van der Waals surface area contributed by atoms with E-state index in [0.29, 0.717) is 6.42 Å². The number of aliphatic hydroxyl groups excluding tert-OH is 1. The summed E-state index contributed by atoms with van der Waals surface area (Å²) in [5.74, 6) is -7.02. The summed E-state index contributed by atoms with van der Waals surface area (Å²) >= 11 is 0. The van der Waals surface area contributed by atoms with Gasteiger partial charge >= 0.3 is 5.97 Å². The highest BCUT2D eigenvalue weighted by atomic mass is 16.4. The quantitative estimate of drug-likeness (QED) is 0.0342. The van der Waals surface area contributed by atoms with Crippen LogP contribution in [-0.2, 0) is 33.6 Å². The van der Waals surface area contributed by atoms with Crippen molar-refractivity contribution in [2.45, 2.75) is 89.7 Å². The molecule has 0 unspecified atom stereocenters. The topological polar surface area (TPSA) is 337 Å². The summed E-state index contributed by atoms with van der Waals surface area (Å²) in [6, 6.07) is -6.68. The first kappa shape index (κ1) is 39.5. The van der Waals surface area contributed by atoms with Gasteiger partial charge in [0.1, 0.15) is 24.2 Å². The number of aliphatic imine (C=N–C) groups is 1. The van der Waals surface area contributed by atoms with Gasteiger partial charge in [-0.3, -0.25) is 33.8 Å². The molecule has 6 atom stereocenters. The van der Waals surface area contributed by atoms with E-state index >= 15 is 0 Å². The number of amides is 6. The van der Waals surface area contributed by atoms with Crippen LogP contribution in [0, 0.1) is 5.92 Å². The smallest absolute Gasteiger partial charge is 0.328 e. The zero-order valence-corrected chi connectivity index (χ0v) is 25.3. The summed E-state index contributed by atoms with van der Waals surface area (Å²) in [7, 11) is 0. The van der Waals surface area contributed by atoms with Crippen molar-refractivity contribution in [2.24, 2.45) is 33.8 Å². The lowest BCUT2D eigenvalue weighted by Crippen LogP contribution is -2.60. The van der Waals surface area contributed by atoms with Crippen molar-refractivity contribution in [1.82, 2.24) is 26.6 Å². The second-order valence-corrected chi connectivity index (χ2v) is 10.4. The number of carboxylic acid groups (broad SMARTS) is 1. The molecule has 0 fully saturated rings. The number of aliphatic hydroxyl groups is 1. The van der Waals surface area contributed by atoms with Crippen LogP contribution in [0.5, 0.6) is 0 Å². The average molecular weight is 631 g/mol. The molecule has 6 amide bonds. The Labute approximate surface area is 254 Å². The van der Waals surface area contributed by atoms with Crippen LogP contribution in [0.25, 0.3) is 0 Å². The molecule has 0 aliphatic heterocycles. The van der Waals surface area contributed by atoms with Gasteiger partial charge in [-0.25, -0.2) is 4.79 Å². The summed E-state index contributed by atoms with van der Waals surface area (Å²) in [6.45, 7) is 5.38. The Bertz CT molecular complexity index is 1060. The van der Waals surface area contributed by atoms with Crippen LogP contribution in [0.2, 0.25) is 0 Å². The molecule has 19 heteroatoms. The third-order valence-corrected chi connectivity index (χ3v) is 6.14. The second-order valence-electron chi connectivity index (χ2n) is 10.4. The number of hydrogen-bond acceptors (Lipinski definition) is 10. The number of carboxylic acids is 1. The molecule has 0 aromatic heterocycles. The molecule has 0 heterocycles. The molecule has 0 saturated heterocycles. The zero-order chi connectivity index (χ0) is 34.1. The SMILES string of the molecule is CC(C)[C@H](NC(=O)[C@H](CCC(N)=O)NC(=O)[C@H](C)NC(=O)[C@H](CCCN=C(N)N)NC(=O)CN)C(=O)N[C@H](C(=O)O)[C@@H](C)O. The lowest BCUT2D eigenvalue weighted by molar-refractivity contribution is -0.145. The normalized spacial score (nSPS) is 14.9. The van der Waals surface area contributed by atoms with Crippen molar-refractivity contribution < 1.29 is 43.8 Å². The number of nitrogens with two attached hydrogens (primary N) is 4. The van der Waals surface area contributed by atoms with E-state index in [1.165, 1.54) is 13.8 Å². The largest absolute Gasteiger partial charge is 0.480 e. The first-order chi connectivity index (χ1) is 20.4. The van der Waals surface area contributed by atoms with Crippen LogP contribution in [0.15, 0.2) is 4.99 Å². The summed E-state index contributed by atoms with van der Waals surface area (Å²) in [5, 5.41) is 30.8. The Kier molecular flexibility index (Phi) is 17.6. The van der Waals surface area contributed by atoms with Gasteiger partial charge in [0, 0.05) is 13.0 Å². The molecule has 0 spiro atoms. The van der Waals surface area contributed by atoms with Crippen LogP contribution in [0.1, 0.15) is 53.4 Å². The molecule has 19 nitrogen and oxygen atoms in total. The summed E-state index contributed by atoms with van der Waals surface area (Å²) < 4.78 is 0. The minimum Gasteiger partial charge on any atom is -0.480 e. The molecule has 0 rings (SSSR count). The summed E-state index contributed by atoms with van der Waals surface area (Å²) in [5.41, 5.74) is 21.1. The van der Waals surface area contributed by atoms with E-state index < -0.39 is 90.2 Å². The highest BCUT2D eigenvalue weighted by Gasteiger charge is 2.33. The predicted molar refractivity (Wildman–Crippen MR) is 157 cm³/mol. The van der Waals surface area contributed by atoms with E-state index in [1.54, 1.807) is 13.8 Å². The van der Waals surface area contributed by atoms with Crippen LogP contribution >= 0.6 is 0 Å². The van der Waals surface area contributed by atoms with Gasteiger partial charge in [-0.2, -0.15) is 0 Å². The van der Waals surface area contributed by atoms with Crippen molar-refractivity contribution in [3.8, 4) is 0 Å². The van der Waals surface area contributed by atoms with E-state index in [0.717, 1.165) is 0 Å². The fraction of sp³-hybridized carbons (Fsp3) is 0.680. The van der Waals surface area contributed by atoms with Crippen molar-refractivity contribution in [1.29, 1.82) is 0 Å². The van der Waals surface area contributed by atoms with Gasteiger partial charge in [-0.1, -0.05) is 13.8 Å². The Morgan fingerprint density at radius 2 is 1.27 bits per heavy atom. The van der Waals surface area contributed by atoms with E-state index in [1.807, 2.05) is 0 Å². The predicted octanol–water partition coefficient (Wildman–Crippen LogP) is -5.17. The minimum absolute atomic E-state index is 0.1000. The van der Waals surface area contributed by atoms with Gasteiger partial charge in [-0.15, -0.1) is 0 Å². The number of guanidine groups is 1. The van der Waals surface area contributed by atoms with E-state index in [4.69, 9.17) is 22.9 Å². The third kappa shape index (κ3) is 15.1. The number of carbonyl (C=O) groups excluding carboxylic acids is 6. The summed E-state index contributed by atoms with van der Waals surface area (Å²) in [4.78, 5) is 90.3. The maximum Gasteiger partial charge on any atom is 0.328 e. The maximum absolute atomic E-state index is 13.2. The number of nitrogens with zero attached hydrogens (tertiary/aromatic N) is 1. The number of carbonyl (C=O) groups is 7. The highest BCUT2D eigenvalue weighted by Crippen LogP contribution is 2.07. The molecule has 0 aliphatic rings. The van der Waals surface area contributed by atoms with Gasteiger partial charge in [0.15, 0.2) is 12.0 Å². The lowest BCUT2D eigenvalue weighted by Gasteiger charge is -2.28. The molecular formula is C25H46N10O9. The zero-order valence-electron chi connectivity index (χ0n) is 25.3. The molecular weight excluding hydrogens is 584 g/mol. The molecule has 0 aromatic carbocycles. The van der Waals surface area contributed by atoms with Crippen molar-refractivity contribution in [2.75, 3.05) is 13.1 Å². The number of nitrogens with one attached hydrogen (secondary N) is 5. The van der Waals surface area contributed by atoms with E-state index in [2.05, 4.69) is 31.6 Å². The minimum atomic E-state index is -1.65. The average Bonchev–Trinajstić information content (AvgIpc) is 2.92. The molecule has 0 bridgehead atoms. The Balaban J connectivity index is 5.69. The third-order valence-electron chi connectivity index (χ3n) is 6.14. The Hall–Kier alpha value is -4.52. The molecule has 0 aromatic rings. The van der Waals surface area contributed by atoms with Gasteiger partial charge in [-0.05, 0) is 39.0 Å². The first-order valence-electron chi connectivity index (χ1n) is 13.9. The fourth-order valence-corrected chi connectivity index (χ4v) is 3.68. The molecule has 0 radical (unpaired) electrons. The standard InChI is InChI=1S/C25H46N10O9/c1-11(2)18(23(42)35-19(13(4)36)24(43)44)34-22(41)15(7-8-16(27)37)33-20(39)12(3)31-21(40)14(32-17(38)10-26)6-5-9-30-25(28)29/h11-15,18-19,36H,5-10,26H2,1-4H3,(H2,27,37)(H,31,40)(H,32,38)(H,33,39)(H,34,41)(H,35,42)(H,43,44)(H4,28,29,30)/t12-,13+,14-,15-,18-,19-/m0/s1. The van der Waals surface area contributed by atoms with Crippen LogP contribution in [0.3, 0.4) is 0 Å². The molecule has 15 N–H and O–H groups in total. The van der Waals surface area contributed by atoms with E-state index in [-0.39, 0.29) is 31.8 Å². The molecule has 0 saturated carbocycles. The van der Waals surface area contributed by atoms with Gasteiger partial charge in [0.2, 0.25) is 35.4 Å². The molecule has 250 valence electrons. The fourth-order valence-electron chi connectivity index (χ4n) is 3.68. The highest BCUT2D eigenvalue weighted by molar-refractivity contribution is 5.96. The van der Waals surface area contributed by atoms with Gasteiger partial charge in [0.25, 0.3) is 0 Å². The van der Waals surface area contributed by atoms with Crippen molar-refractivity contribution in [3.05, 3.63) is 0 Å². The number of aliphatic carboxylic acids is 1. The van der Waals surface area contributed by atoms with Gasteiger partial charge in [0.05, 0.1) is 12.6 Å². The van der Waals surface area contributed by atoms with Crippen LogP contribution in [-0.4, -0.2) is 107 Å².